The van der Waals surface area contributed by atoms with Crippen molar-refractivity contribution in [3.8, 4) is 11.5 Å². The van der Waals surface area contributed by atoms with Gasteiger partial charge in [-0.05, 0) is 52.9 Å². The van der Waals surface area contributed by atoms with Crippen molar-refractivity contribution in [1.29, 1.82) is 0 Å². The second kappa shape index (κ2) is 11.5. The molecule has 10 nitrogen and oxygen atoms in total. The molecule has 0 bridgehead atoms. The SMILES string of the molecule is COc1ccc([C@@H]2CC(c3cccs3)=NN2C(=O)COC(=O)/C=C/c2ccc([N+](=O)[O-])cc2)cc1OC. The molecule has 1 aliphatic heterocycles. The molecule has 0 aliphatic carbocycles. The maximum atomic E-state index is 13.1. The van der Waals surface area contributed by atoms with E-state index in [0.717, 1.165) is 22.2 Å². The van der Waals surface area contributed by atoms with Crippen molar-refractivity contribution in [3.05, 3.63) is 92.2 Å². The van der Waals surface area contributed by atoms with Gasteiger partial charge in [-0.25, -0.2) is 9.80 Å². The van der Waals surface area contributed by atoms with Crippen molar-refractivity contribution in [2.24, 2.45) is 5.10 Å². The standard InChI is InChI=1S/C26H23N3O7S/c1-34-22-11-8-18(14-23(22)35-2)21-15-20(24-4-3-13-37-24)27-28(21)25(30)16-36-26(31)12-7-17-5-9-19(10-6-17)29(32)33/h3-14,21H,15-16H2,1-2H3/b12-7+/t21-/m0/s1. The number of nitro benzene ring substituents is 1. The second-order valence-electron chi connectivity index (χ2n) is 7.89. The topological polar surface area (TPSA) is 121 Å². The zero-order chi connectivity index (χ0) is 26.4. The van der Waals surface area contributed by atoms with E-state index < -0.39 is 29.4 Å². The Hall–Kier alpha value is -4.51. The van der Waals surface area contributed by atoms with Crippen LogP contribution in [0.1, 0.15) is 28.5 Å². The number of hydrogen-bond acceptors (Lipinski definition) is 9. The fourth-order valence-electron chi connectivity index (χ4n) is 3.77. The average molecular weight is 522 g/mol. The van der Waals surface area contributed by atoms with E-state index in [1.54, 1.807) is 19.2 Å². The summed E-state index contributed by atoms with van der Waals surface area (Å²) >= 11 is 1.52. The minimum Gasteiger partial charge on any atom is -0.493 e. The quantitative estimate of drug-likeness (QED) is 0.175. The van der Waals surface area contributed by atoms with Gasteiger partial charge < -0.3 is 14.2 Å². The maximum absolute atomic E-state index is 13.1. The van der Waals surface area contributed by atoms with E-state index in [-0.39, 0.29) is 5.69 Å². The fourth-order valence-corrected chi connectivity index (χ4v) is 4.49. The number of hydrogen-bond donors (Lipinski definition) is 0. The number of carbonyl (C=O) groups excluding carboxylic acids is 2. The number of nitrogens with zero attached hydrogens (tertiary/aromatic N) is 3. The molecule has 1 aliphatic rings. The van der Waals surface area contributed by atoms with Crippen LogP contribution in [0.2, 0.25) is 0 Å². The first-order chi connectivity index (χ1) is 17.9. The Morgan fingerprint density at radius 3 is 2.54 bits per heavy atom. The molecule has 0 N–H and O–H groups in total. The molecule has 0 spiro atoms. The number of rotatable bonds is 9. The van der Waals surface area contributed by atoms with Gasteiger partial charge >= 0.3 is 5.97 Å². The van der Waals surface area contributed by atoms with Crippen molar-refractivity contribution in [1.82, 2.24) is 5.01 Å². The van der Waals surface area contributed by atoms with Crippen LogP contribution >= 0.6 is 11.3 Å². The van der Waals surface area contributed by atoms with Gasteiger partial charge in [-0.1, -0.05) is 12.1 Å². The lowest BCUT2D eigenvalue weighted by atomic mass is 10.0. The van der Waals surface area contributed by atoms with Crippen LogP contribution in [0.4, 0.5) is 5.69 Å². The lowest BCUT2D eigenvalue weighted by molar-refractivity contribution is -0.384. The molecule has 0 unspecified atom stereocenters. The predicted molar refractivity (Wildman–Crippen MR) is 138 cm³/mol. The summed E-state index contributed by atoms with van der Waals surface area (Å²) in [5.74, 6) is -0.116. The third-order valence-corrected chi connectivity index (χ3v) is 6.54. The first kappa shape index (κ1) is 25.6. The number of non-ortho nitro benzene ring substituents is 1. The third kappa shape index (κ3) is 6.01. The van der Waals surface area contributed by atoms with Gasteiger partial charge in [0.2, 0.25) is 0 Å². The molecule has 0 saturated heterocycles. The van der Waals surface area contributed by atoms with Gasteiger partial charge in [0.05, 0.1) is 35.8 Å². The third-order valence-electron chi connectivity index (χ3n) is 5.62. The molecule has 1 atom stereocenters. The Labute approximate surface area is 216 Å². The molecule has 0 radical (unpaired) electrons. The monoisotopic (exact) mass is 521 g/mol. The molecule has 1 amide bonds. The number of carbonyl (C=O) groups is 2. The van der Waals surface area contributed by atoms with E-state index in [0.29, 0.717) is 23.5 Å². The second-order valence-corrected chi connectivity index (χ2v) is 8.83. The van der Waals surface area contributed by atoms with Crippen molar-refractivity contribution < 1.29 is 28.7 Å². The Morgan fingerprint density at radius 1 is 1.14 bits per heavy atom. The number of thiophene rings is 1. The Balaban J connectivity index is 1.47. The van der Waals surface area contributed by atoms with Crippen LogP contribution < -0.4 is 9.47 Å². The molecule has 1 aromatic heterocycles. The zero-order valence-corrected chi connectivity index (χ0v) is 20.8. The van der Waals surface area contributed by atoms with Gasteiger partial charge in [-0.3, -0.25) is 14.9 Å². The van der Waals surface area contributed by atoms with Crippen molar-refractivity contribution in [3.63, 3.8) is 0 Å². The van der Waals surface area contributed by atoms with Crippen LogP contribution in [0, 0.1) is 10.1 Å². The van der Waals surface area contributed by atoms with Crippen LogP contribution in [-0.2, 0) is 14.3 Å². The first-order valence-electron chi connectivity index (χ1n) is 11.1. The number of nitro groups is 1. The lowest BCUT2D eigenvalue weighted by Crippen LogP contribution is -2.31. The summed E-state index contributed by atoms with van der Waals surface area (Å²) in [5.41, 5.74) is 2.08. The summed E-state index contributed by atoms with van der Waals surface area (Å²) in [6, 6.07) is 14.5. The molecule has 190 valence electrons. The lowest BCUT2D eigenvalue weighted by Gasteiger charge is -2.22. The van der Waals surface area contributed by atoms with Crippen LogP contribution in [0.3, 0.4) is 0 Å². The molecule has 11 heteroatoms. The van der Waals surface area contributed by atoms with E-state index in [9.17, 15) is 19.7 Å². The minimum atomic E-state index is -0.726. The van der Waals surface area contributed by atoms with Gasteiger partial charge in [0.25, 0.3) is 11.6 Å². The maximum Gasteiger partial charge on any atom is 0.331 e. The van der Waals surface area contributed by atoms with E-state index in [2.05, 4.69) is 5.10 Å². The number of esters is 1. The smallest absolute Gasteiger partial charge is 0.331 e. The van der Waals surface area contributed by atoms with Crippen LogP contribution in [0.25, 0.3) is 6.08 Å². The highest BCUT2D eigenvalue weighted by Gasteiger charge is 2.34. The summed E-state index contributed by atoms with van der Waals surface area (Å²) < 4.78 is 15.9. The molecule has 0 fully saturated rings. The molecule has 2 aromatic carbocycles. The van der Waals surface area contributed by atoms with Crippen molar-refractivity contribution in [2.75, 3.05) is 20.8 Å². The van der Waals surface area contributed by atoms with E-state index in [4.69, 9.17) is 14.2 Å². The molecule has 37 heavy (non-hydrogen) atoms. The summed E-state index contributed by atoms with van der Waals surface area (Å²) in [5, 5.41) is 18.6. The van der Waals surface area contributed by atoms with Gasteiger partial charge in [0.15, 0.2) is 18.1 Å². The zero-order valence-electron chi connectivity index (χ0n) is 20.0. The van der Waals surface area contributed by atoms with Crippen LogP contribution in [0.5, 0.6) is 11.5 Å². The number of methoxy groups -OCH3 is 2. The molecule has 0 saturated carbocycles. The summed E-state index contributed by atoms with van der Waals surface area (Å²) in [6.45, 7) is -0.506. The summed E-state index contributed by atoms with van der Waals surface area (Å²) in [7, 11) is 3.09. The van der Waals surface area contributed by atoms with E-state index in [1.807, 2.05) is 23.6 Å². The molecular weight excluding hydrogens is 498 g/mol. The largest absolute Gasteiger partial charge is 0.493 e. The molecule has 4 rings (SSSR count). The number of benzene rings is 2. The average Bonchev–Trinajstić information content (AvgIpc) is 3.61. The minimum absolute atomic E-state index is 0.0533. The first-order valence-corrected chi connectivity index (χ1v) is 12.0. The summed E-state index contributed by atoms with van der Waals surface area (Å²) in [6.07, 6.45) is 3.09. The van der Waals surface area contributed by atoms with E-state index in [1.165, 1.54) is 53.8 Å². The van der Waals surface area contributed by atoms with Crippen molar-refractivity contribution in [2.45, 2.75) is 12.5 Å². The van der Waals surface area contributed by atoms with Gasteiger partial charge in [-0.15, -0.1) is 11.3 Å². The fraction of sp³-hybridized carbons (Fsp3) is 0.192. The summed E-state index contributed by atoms with van der Waals surface area (Å²) in [4.78, 5) is 36.5. The molecular formula is C26H23N3O7S. The number of hydrazone groups is 1. The number of amides is 1. The van der Waals surface area contributed by atoms with Gasteiger partial charge in [-0.2, -0.15) is 5.10 Å². The van der Waals surface area contributed by atoms with Gasteiger partial charge in [0.1, 0.15) is 0 Å². The Kier molecular flexibility index (Phi) is 7.94. The number of ether oxygens (including phenoxy) is 3. The highest BCUT2D eigenvalue weighted by atomic mass is 32.1. The van der Waals surface area contributed by atoms with Crippen molar-refractivity contribution >= 4 is 40.7 Å². The Morgan fingerprint density at radius 2 is 1.89 bits per heavy atom. The highest BCUT2D eigenvalue weighted by molar-refractivity contribution is 7.12. The Bertz CT molecular complexity index is 1350. The van der Waals surface area contributed by atoms with Gasteiger partial charge in [0, 0.05) is 24.6 Å². The molecule has 3 aromatic rings. The van der Waals surface area contributed by atoms with Crippen LogP contribution in [0.15, 0.2) is 71.2 Å². The van der Waals surface area contributed by atoms with E-state index >= 15 is 0 Å². The predicted octanol–water partition coefficient (Wildman–Crippen LogP) is 4.61. The normalized spacial score (nSPS) is 14.9. The molecule has 2 heterocycles. The van der Waals surface area contributed by atoms with Crippen LogP contribution in [-0.4, -0.2) is 48.3 Å². The highest BCUT2D eigenvalue weighted by Crippen LogP contribution is 2.37.